The van der Waals surface area contributed by atoms with Gasteiger partial charge in [0.15, 0.2) is 0 Å². The zero-order chi connectivity index (χ0) is 22.0. The number of hydrogen-bond donors (Lipinski definition) is 1. The zero-order valence-corrected chi connectivity index (χ0v) is 20.4. The summed E-state index contributed by atoms with van der Waals surface area (Å²) in [6.07, 6.45) is 11.9. The summed E-state index contributed by atoms with van der Waals surface area (Å²) < 4.78 is 12.7. The van der Waals surface area contributed by atoms with Gasteiger partial charge < -0.3 is 4.89 Å². The Labute approximate surface area is 184 Å². The molecule has 3 heteroatoms. The van der Waals surface area contributed by atoms with Crippen LogP contribution in [0.2, 0.25) is 0 Å². The summed E-state index contributed by atoms with van der Waals surface area (Å²) in [4.78, 5) is 10.5. The minimum absolute atomic E-state index is 0.416. The number of hydrogen-bond acceptors (Lipinski definition) is 1. The fourth-order valence-electron chi connectivity index (χ4n) is 4.56. The first-order valence-electron chi connectivity index (χ1n) is 11.8. The van der Waals surface area contributed by atoms with E-state index in [1.807, 2.05) is 31.2 Å². The van der Waals surface area contributed by atoms with Gasteiger partial charge in [0.2, 0.25) is 7.37 Å². The third-order valence-electron chi connectivity index (χ3n) is 6.23. The van der Waals surface area contributed by atoms with Crippen molar-refractivity contribution < 1.29 is 9.46 Å². The van der Waals surface area contributed by atoms with E-state index in [9.17, 15) is 9.46 Å². The second kappa shape index (κ2) is 12.5. The van der Waals surface area contributed by atoms with Gasteiger partial charge in [-0.3, -0.25) is 4.57 Å². The lowest BCUT2D eigenvalue weighted by molar-refractivity contribution is 0.484. The van der Waals surface area contributed by atoms with Gasteiger partial charge in [0.1, 0.15) is 0 Å². The zero-order valence-electron chi connectivity index (χ0n) is 19.5. The molecule has 0 bridgehead atoms. The lowest BCUT2D eigenvalue weighted by Crippen LogP contribution is -2.12. The minimum Gasteiger partial charge on any atom is -0.341 e. The van der Waals surface area contributed by atoms with Gasteiger partial charge in [-0.2, -0.15) is 0 Å². The molecule has 2 aromatic rings. The molecule has 0 aliphatic rings. The molecule has 1 atom stereocenters. The molecule has 166 valence electrons. The Balaban J connectivity index is 1.57. The first kappa shape index (κ1) is 24.9. The Morgan fingerprint density at radius 3 is 1.93 bits per heavy atom. The molecule has 2 aromatic carbocycles. The average Bonchev–Trinajstić information content (AvgIpc) is 2.70. The van der Waals surface area contributed by atoms with E-state index < -0.39 is 7.37 Å². The summed E-state index contributed by atoms with van der Waals surface area (Å²) in [5, 5.41) is 0.673. The van der Waals surface area contributed by atoms with Crippen molar-refractivity contribution in [1.29, 1.82) is 0 Å². The van der Waals surface area contributed by atoms with Crippen LogP contribution in [0, 0.1) is 20.8 Å². The highest BCUT2D eigenvalue weighted by Crippen LogP contribution is 2.41. The predicted molar refractivity (Wildman–Crippen MR) is 131 cm³/mol. The Morgan fingerprint density at radius 1 is 0.800 bits per heavy atom. The van der Waals surface area contributed by atoms with Crippen molar-refractivity contribution in [3.05, 3.63) is 64.2 Å². The maximum absolute atomic E-state index is 12.7. The first-order chi connectivity index (χ1) is 14.3. The third-order valence-corrected chi connectivity index (χ3v) is 8.34. The monoisotopic (exact) mass is 428 g/mol. The Morgan fingerprint density at radius 2 is 1.33 bits per heavy atom. The van der Waals surface area contributed by atoms with E-state index in [1.165, 1.54) is 61.6 Å². The van der Waals surface area contributed by atoms with Crippen LogP contribution in [0.3, 0.4) is 0 Å². The number of unbranched alkanes of at least 4 members (excludes halogenated alkanes) is 7. The van der Waals surface area contributed by atoms with Gasteiger partial charge in [-0.05, 0) is 74.8 Å². The minimum atomic E-state index is -3.21. The van der Waals surface area contributed by atoms with Crippen LogP contribution < -0.4 is 5.30 Å². The fourth-order valence-corrected chi connectivity index (χ4v) is 6.46. The van der Waals surface area contributed by atoms with Crippen molar-refractivity contribution in [3.8, 4) is 0 Å². The van der Waals surface area contributed by atoms with Crippen molar-refractivity contribution in [3.63, 3.8) is 0 Å². The van der Waals surface area contributed by atoms with Gasteiger partial charge >= 0.3 is 0 Å². The molecule has 0 heterocycles. The molecule has 2 nitrogen and oxygen atoms in total. The Kier molecular flexibility index (Phi) is 10.4. The fraction of sp³-hybridized carbons (Fsp3) is 0.556. The van der Waals surface area contributed by atoms with Crippen LogP contribution in [0.25, 0.3) is 0 Å². The highest BCUT2D eigenvalue weighted by atomic mass is 31.2. The van der Waals surface area contributed by atoms with Crippen LogP contribution in [-0.4, -0.2) is 11.1 Å². The topological polar surface area (TPSA) is 37.3 Å². The van der Waals surface area contributed by atoms with E-state index >= 15 is 0 Å². The Bertz CT molecular complexity index is 818. The maximum Gasteiger partial charge on any atom is 0.229 e. The molecule has 0 aromatic heterocycles. The van der Waals surface area contributed by atoms with Crippen LogP contribution in [0.1, 0.15) is 86.1 Å². The highest BCUT2D eigenvalue weighted by molar-refractivity contribution is 7.66. The molecule has 0 spiro atoms. The molecule has 0 aliphatic heterocycles. The molecule has 1 unspecified atom stereocenters. The van der Waals surface area contributed by atoms with E-state index in [0.29, 0.717) is 11.5 Å². The van der Waals surface area contributed by atoms with Gasteiger partial charge in [-0.25, -0.2) is 0 Å². The van der Waals surface area contributed by atoms with Crippen molar-refractivity contribution >= 4 is 12.7 Å². The number of benzene rings is 2. The first-order valence-corrected chi connectivity index (χ1v) is 13.7. The normalized spacial score (nSPS) is 13.4. The molecule has 2 rings (SSSR count). The molecular weight excluding hydrogens is 387 g/mol. The molecule has 0 saturated carbocycles. The van der Waals surface area contributed by atoms with Crippen molar-refractivity contribution in [2.24, 2.45) is 0 Å². The van der Waals surface area contributed by atoms with Crippen molar-refractivity contribution in [2.75, 3.05) is 6.16 Å². The molecule has 30 heavy (non-hydrogen) atoms. The van der Waals surface area contributed by atoms with Gasteiger partial charge in [-0.1, -0.05) is 81.3 Å². The standard InChI is InChI=1S/C27H41O2P/c1-5-25-16-13-14-18-27(25)30(28,29)19-15-11-9-7-6-8-10-12-17-26-23(3)20-22(2)21-24(26)4/h13-14,16,18,20-21H,5-12,15,17,19H2,1-4H3,(H,28,29). The predicted octanol–water partition coefficient (Wildman–Crippen LogP) is 7.43. The highest BCUT2D eigenvalue weighted by Gasteiger charge is 2.22. The second-order valence-electron chi connectivity index (χ2n) is 8.86. The van der Waals surface area contributed by atoms with Crippen LogP contribution in [0.4, 0.5) is 0 Å². The maximum atomic E-state index is 12.7. The summed E-state index contributed by atoms with van der Waals surface area (Å²) >= 11 is 0. The lowest BCUT2D eigenvalue weighted by atomic mass is 9.95. The summed E-state index contributed by atoms with van der Waals surface area (Å²) in [5.41, 5.74) is 6.80. The largest absolute Gasteiger partial charge is 0.341 e. The SMILES string of the molecule is CCc1ccccc1P(=O)(O)CCCCCCCCCCc1c(C)cc(C)cc1C. The van der Waals surface area contributed by atoms with E-state index in [0.717, 1.165) is 24.8 Å². The molecule has 0 radical (unpaired) electrons. The molecular formula is C27H41O2P. The van der Waals surface area contributed by atoms with Crippen molar-refractivity contribution in [2.45, 2.75) is 91.9 Å². The quantitative estimate of drug-likeness (QED) is 0.266. The Hall–Kier alpha value is -1.37. The third kappa shape index (κ3) is 7.71. The van der Waals surface area contributed by atoms with Crippen LogP contribution in [0.5, 0.6) is 0 Å². The van der Waals surface area contributed by atoms with E-state index in [1.54, 1.807) is 5.56 Å². The van der Waals surface area contributed by atoms with Gasteiger partial charge in [0.25, 0.3) is 0 Å². The van der Waals surface area contributed by atoms with Crippen LogP contribution >= 0.6 is 7.37 Å². The molecule has 0 saturated heterocycles. The van der Waals surface area contributed by atoms with Gasteiger partial charge in [0.05, 0.1) is 0 Å². The van der Waals surface area contributed by atoms with E-state index in [2.05, 4.69) is 32.9 Å². The van der Waals surface area contributed by atoms with E-state index in [4.69, 9.17) is 0 Å². The summed E-state index contributed by atoms with van der Waals surface area (Å²) in [6.45, 7) is 8.69. The molecule has 0 fully saturated rings. The summed E-state index contributed by atoms with van der Waals surface area (Å²) in [7, 11) is -3.21. The lowest BCUT2D eigenvalue weighted by Gasteiger charge is -2.15. The summed E-state index contributed by atoms with van der Waals surface area (Å²) in [5.74, 6) is 0. The second-order valence-corrected chi connectivity index (χ2v) is 11.2. The smallest absolute Gasteiger partial charge is 0.229 e. The molecule has 1 N–H and O–H groups in total. The molecule has 0 amide bonds. The summed E-state index contributed by atoms with van der Waals surface area (Å²) in [6, 6.07) is 12.2. The number of rotatable bonds is 13. The van der Waals surface area contributed by atoms with E-state index in [-0.39, 0.29) is 0 Å². The van der Waals surface area contributed by atoms with Gasteiger partial charge in [0, 0.05) is 11.5 Å². The van der Waals surface area contributed by atoms with Crippen molar-refractivity contribution in [1.82, 2.24) is 0 Å². The molecule has 0 aliphatic carbocycles. The van der Waals surface area contributed by atoms with Gasteiger partial charge in [-0.15, -0.1) is 0 Å². The number of aryl methyl sites for hydroxylation is 4. The van der Waals surface area contributed by atoms with Crippen LogP contribution in [-0.2, 0) is 17.4 Å². The average molecular weight is 429 g/mol. The van der Waals surface area contributed by atoms with Crippen LogP contribution in [0.15, 0.2) is 36.4 Å².